The van der Waals surface area contributed by atoms with Crippen molar-refractivity contribution in [3.63, 3.8) is 0 Å². The average molecular weight is 205 g/mol. The fourth-order valence-electron chi connectivity index (χ4n) is 1.86. The molecule has 2 rings (SSSR count). The lowest BCUT2D eigenvalue weighted by molar-refractivity contribution is -0.140. The van der Waals surface area contributed by atoms with Gasteiger partial charge in [0.25, 0.3) is 0 Å². The van der Waals surface area contributed by atoms with Gasteiger partial charge >= 0.3 is 0 Å². The van der Waals surface area contributed by atoms with Crippen LogP contribution in [-0.2, 0) is 9.59 Å². The predicted octanol–water partition coefficient (Wildman–Crippen LogP) is -0.0809. The van der Waals surface area contributed by atoms with Crippen LogP contribution in [0.4, 0.5) is 0 Å². The van der Waals surface area contributed by atoms with E-state index in [1.54, 1.807) is 0 Å². The molecular formula is C8H13ClN2O2. The molecule has 1 atom stereocenters. The first-order valence-corrected chi connectivity index (χ1v) is 4.34. The van der Waals surface area contributed by atoms with E-state index in [4.69, 9.17) is 0 Å². The summed E-state index contributed by atoms with van der Waals surface area (Å²) in [6, 6.07) is 0.132. The Morgan fingerprint density at radius 2 is 1.85 bits per heavy atom. The number of hydrogen-bond acceptors (Lipinski definition) is 3. The lowest BCUT2D eigenvalue weighted by Crippen LogP contribution is -2.40. The molecule has 0 saturated carbocycles. The molecule has 2 saturated heterocycles. The van der Waals surface area contributed by atoms with Gasteiger partial charge in [0.15, 0.2) is 0 Å². The number of likely N-dealkylation sites (tertiary alicyclic amines) is 1. The van der Waals surface area contributed by atoms with Crippen LogP contribution in [0.2, 0.25) is 0 Å². The fraction of sp³-hybridized carbons (Fsp3) is 0.750. The maximum Gasteiger partial charge on any atom is 0.229 e. The van der Waals surface area contributed by atoms with Gasteiger partial charge in [0.05, 0.1) is 6.04 Å². The van der Waals surface area contributed by atoms with E-state index in [0.29, 0.717) is 12.8 Å². The number of carbonyl (C=O) groups is 2. The minimum atomic E-state index is 0. The van der Waals surface area contributed by atoms with Crippen LogP contribution in [0.5, 0.6) is 0 Å². The Hall–Kier alpha value is -0.610. The molecule has 4 nitrogen and oxygen atoms in total. The van der Waals surface area contributed by atoms with Crippen LogP contribution >= 0.6 is 12.4 Å². The summed E-state index contributed by atoms with van der Waals surface area (Å²) in [4.78, 5) is 23.9. The number of hydrogen-bond donors (Lipinski definition) is 1. The molecule has 0 aromatic rings. The van der Waals surface area contributed by atoms with Crippen LogP contribution in [0.15, 0.2) is 0 Å². The molecule has 74 valence electrons. The summed E-state index contributed by atoms with van der Waals surface area (Å²) < 4.78 is 0. The first-order valence-electron chi connectivity index (χ1n) is 4.34. The topological polar surface area (TPSA) is 49.4 Å². The van der Waals surface area contributed by atoms with Crippen LogP contribution in [-0.4, -0.2) is 35.8 Å². The van der Waals surface area contributed by atoms with Gasteiger partial charge in [-0.3, -0.25) is 14.5 Å². The Morgan fingerprint density at radius 3 is 2.31 bits per heavy atom. The van der Waals surface area contributed by atoms with Gasteiger partial charge in [-0.05, 0) is 13.0 Å². The van der Waals surface area contributed by atoms with Crippen molar-refractivity contribution >= 4 is 24.2 Å². The van der Waals surface area contributed by atoms with E-state index in [-0.39, 0.29) is 30.3 Å². The lowest BCUT2D eigenvalue weighted by atomic mass is 10.2. The zero-order valence-electron chi connectivity index (χ0n) is 7.28. The smallest absolute Gasteiger partial charge is 0.229 e. The van der Waals surface area contributed by atoms with Gasteiger partial charge in [0.2, 0.25) is 11.8 Å². The normalized spacial score (nSPS) is 28.0. The summed E-state index contributed by atoms with van der Waals surface area (Å²) in [7, 11) is 0. The highest BCUT2D eigenvalue weighted by Gasteiger charge is 2.35. The number of nitrogens with one attached hydrogen (secondary N) is 1. The van der Waals surface area contributed by atoms with Crippen molar-refractivity contribution in [1.82, 2.24) is 10.2 Å². The van der Waals surface area contributed by atoms with Gasteiger partial charge in [0, 0.05) is 19.4 Å². The second-order valence-electron chi connectivity index (χ2n) is 3.30. The summed E-state index contributed by atoms with van der Waals surface area (Å²) in [5, 5.41) is 3.14. The number of nitrogens with zero attached hydrogens (tertiary/aromatic N) is 1. The number of halogens is 1. The largest absolute Gasteiger partial charge is 0.315 e. The van der Waals surface area contributed by atoms with Crippen molar-refractivity contribution < 1.29 is 9.59 Å². The third-order valence-corrected chi connectivity index (χ3v) is 2.49. The molecule has 1 N–H and O–H groups in total. The Labute approximate surface area is 83.1 Å². The molecule has 0 radical (unpaired) electrons. The van der Waals surface area contributed by atoms with E-state index < -0.39 is 0 Å². The standard InChI is InChI=1S/C8H12N2O2.ClH/c11-7-1-2-8(12)10(7)6-3-4-9-5-6;/h6,9H,1-5H2;1H. The molecule has 2 heterocycles. The Morgan fingerprint density at radius 1 is 1.23 bits per heavy atom. The second-order valence-corrected chi connectivity index (χ2v) is 3.30. The molecule has 1 unspecified atom stereocenters. The van der Waals surface area contributed by atoms with Crippen molar-refractivity contribution in [3.05, 3.63) is 0 Å². The molecule has 0 aromatic carbocycles. The van der Waals surface area contributed by atoms with Gasteiger partial charge in [-0.1, -0.05) is 0 Å². The van der Waals surface area contributed by atoms with Crippen LogP contribution in [0.3, 0.4) is 0 Å². The van der Waals surface area contributed by atoms with E-state index in [1.807, 2.05) is 0 Å². The zero-order valence-corrected chi connectivity index (χ0v) is 8.10. The molecular weight excluding hydrogens is 192 g/mol. The molecule has 0 bridgehead atoms. The number of carbonyl (C=O) groups excluding carboxylic acids is 2. The summed E-state index contributed by atoms with van der Waals surface area (Å²) in [5.74, 6) is 0.0161. The average Bonchev–Trinajstić information content (AvgIpc) is 2.61. The van der Waals surface area contributed by atoms with Gasteiger partial charge in [-0.2, -0.15) is 0 Å². The molecule has 2 amide bonds. The quantitative estimate of drug-likeness (QED) is 0.608. The molecule has 2 fully saturated rings. The fourth-order valence-corrected chi connectivity index (χ4v) is 1.86. The molecule has 0 aromatic heterocycles. The van der Waals surface area contributed by atoms with Gasteiger partial charge in [-0.25, -0.2) is 0 Å². The van der Waals surface area contributed by atoms with E-state index in [1.165, 1.54) is 4.90 Å². The van der Waals surface area contributed by atoms with E-state index in [9.17, 15) is 9.59 Å². The van der Waals surface area contributed by atoms with Crippen molar-refractivity contribution in [2.75, 3.05) is 13.1 Å². The Kier molecular flexibility index (Phi) is 3.27. The highest BCUT2D eigenvalue weighted by atomic mass is 35.5. The van der Waals surface area contributed by atoms with E-state index in [0.717, 1.165) is 19.5 Å². The molecule has 0 spiro atoms. The van der Waals surface area contributed by atoms with Crippen molar-refractivity contribution in [1.29, 1.82) is 0 Å². The Bertz CT molecular complexity index is 210. The monoisotopic (exact) mass is 204 g/mol. The minimum absolute atomic E-state index is 0. The van der Waals surface area contributed by atoms with Crippen molar-refractivity contribution in [2.24, 2.45) is 0 Å². The number of imide groups is 1. The summed E-state index contributed by atoms with van der Waals surface area (Å²) in [6.07, 6.45) is 1.74. The highest BCUT2D eigenvalue weighted by molar-refractivity contribution is 6.02. The predicted molar refractivity (Wildman–Crippen MR) is 49.6 cm³/mol. The summed E-state index contributed by atoms with van der Waals surface area (Å²) >= 11 is 0. The van der Waals surface area contributed by atoms with Crippen molar-refractivity contribution in [2.45, 2.75) is 25.3 Å². The van der Waals surface area contributed by atoms with Crippen LogP contribution in [0.25, 0.3) is 0 Å². The van der Waals surface area contributed by atoms with E-state index in [2.05, 4.69) is 5.32 Å². The SMILES string of the molecule is Cl.O=C1CCC(=O)N1C1CCNC1. The highest BCUT2D eigenvalue weighted by Crippen LogP contribution is 2.18. The number of rotatable bonds is 1. The third kappa shape index (κ3) is 1.84. The summed E-state index contributed by atoms with van der Waals surface area (Å²) in [5.41, 5.74) is 0. The minimum Gasteiger partial charge on any atom is -0.315 e. The molecule has 2 aliphatic heterocycles. The van der Waals surface area contributed by atoms with Crippen molar-refractivity contribution in [3.8, 4) is 0 Å². The molecule has 5 heteroatoms. The summed E-state index contributed by atoms with van der Waals surface area (Å²) in [6.45, 7) is 1.69. The first-order chi connectivity index (χ1) is 5.79. The van der Waals surface area contributed by atoms with E-state index >= 15 is 0 Å². The first kappa shape index (κ1) is 10.5. The lowest BCUT2D eigenvalue weighted by Gasteiger charge is -2.20. The van der Waals surface area contributed by atoms with Crippen LogP contribution in [0, 0.1) is 0 Å². The maximum absolute atomic E-state index is 11.2. The van der Waals surface area contributed by atoms with Gasteiger partial charge in [0.1, 0.15) is 0 Å². The van der Waals surface area contributed by atoms with Gasteiger partial charge < -0.3 is 5.32 Å². The zero-order chi connectivity index (χ0) is 8.55. The molecule has 0 aliphatic carbocycles. The van der Waals surface area contributed by atoms with Crippen LogP contribution < -0.4 is 5.32 Å². The third-order valence-electron chi connectivity index (χ3n) is 2.49. The number of amides is 2. The van der Waals surface area contributed by atoms with Crippen LogP contribution in [0.1, 0.15) is 19.3 Å². The molecule has 13 heavy (non-hydrogen) atoms. The van der Waals surface area contributed by atoms with Gasteiger partial charge in [-0.15, -0.1) is 12.4 Å². The molecule has 2 aliphatic rings. The second kappa shape index (κ2) is 4.07. The Balaban J connectivity index is 0.000000845. The maximum atomic E-state index is 11.2.